The number of piperidine rings is 1. The molecule has 1 aliphatic rings. The van der Waals surface area contributed by atoms with Gasteiger partial charge in [-0.05, 0) is 38.0 Å². The Bertz CT molecular complexity index is 966. The summed E-state index contributed by atoms with van der Waals surface area (Å²) in [6.45, 7) is 2.44. The standard InChI is InChI=1S/C20H22FN3O3S/c1-15-6-8-18(9-7-15)28(26,27)24-12-10-16(11-13-24)20(25)23-22-14-17-4-2-3-5-19(17)21/h2-9,14,16H,10-13H2,1H3,(H,23,25)/b22-14-. The van der Waals surface area contributed by atoms with Gasteiger partial charge in [0.1, 0.15) is 5.82 Å². The molecule has 0 radical (unpaired) electrons. The summed E-state index contributed by atoms with van der Waals surface area (Å²) in [4.78, 5) is 12.5. The van der Waals surface area contributed by atoms with Gasteiger partial charge >= 0.3 is 0 Å². The molecule has 8 heteroatoms. The number of nitrogens with one attached hydrogen (secondary N) is 1. The summed E-state index contributed by atoms with van der Waals surface area (Å²) in [6.07, 6.45) is 2.07. The lowest BCUT2D eigenvalue weighted by molar-refractivity contribution is -0.126. The molecule has 28 heavy (non-hydrogen) atoms. The molecule has 1 saturated heterocycles. The Labute approximate surface area is 164 Å². The van der Waals surface area contributed by atoms with Gasteiger partial charge in [0.05, 0.1) is 11.1 Å². The van der Waals surface area contributed by atoms with Crippen LogP contribution >= 0.6 is 0 Å². The smallest absolute Gasteiger partial charge is 0.243 e. The van der Waals surface area contributed by atoms with Gasteiger partial charge in [-0.1, -0.05) is 35.9 Å². The minimum absolute atomic E-state index is 0.260. The van der Waals surface area contributed by atoms with E-state index in [2.05, 4.69) is 10.5 Å². The van der Waals surface area contributed by atoms with Gasteiger partial charge in [-0.15, -0.1) is 0 Å². The Morgan fingerprint density at radius 3 is 2.43 bits per heavy atom. The fourth-order valence-corrected chi connectivity index (χ4v) is 4.52. The van der Waals surface area contributed by atoms with Crippen molar-refractivity contribution in [2.75, 3.05) is 13.1 Å². The predicted molar refractivity (Wildman–Crippen MR) is 105 cm³/mol. The molecule has 6 nitrogen and oxygen atoms in total. The molecular formula is C20H22FN3O3S. The van der Waals surface area contributed by atoms with E-state index < -0.39 is 15.8 Å². The molecule has 1 amide bonds. The topological polar surface area (TPSA) is 78.8 Å². The maximum Gasteiger partial charge on any atom is 0.243 e. The van der Waals surface area contributed by atoms with Gasteiger partial charge in [0.25, 0.3) is 0 Å². The molecule has 0 unspecified atom stereocenters. The van der Waals surface area contributed by atoms with E-state index in [1.165, 1.54) is 16.6 Å². The molecule has 1 aliphatic heterocycles. The van der Waals surface area contributed by atoms with Crippen molar-refractivity contribution in [1.29, 1.82) is 0 Å². The van der Waals surface area contributed by atoms with E-state index in [9.17, 15) is 17.6 Å². The fraction of sp³-hybridized carbons (Fsp3) is 0.300. The van der Waals surface area contributed by atoms with E-state index in [1.807, 2.05) is 6.92 Å². The molecule has 148 valence electrons. The minimum atomic E-state index is -3.56. The van der Waals surface area contributed by atoms with E-state index >= 15 is 0 Å². The van der Waals surface area contributed by atoms with Crippen LogP contribution in [-0.2, 0) is 14.8 Å². The highest BCUT2D eigenvalue weighted by Crippen LogP contribution is 2.24. The Morgan fingerprint density at radius 1 is 1.14 bits per heavy atom. The maximum absolute atomic E-state index is 13.5. The highest BCUT2D eigenvalue weighted by molar-refractivity contribution is 7.89. The van der Waals surface area contributed by atoms with Crippen LogP contribution in [0.3, 0.4) is 0 Å². The first-order valence-electron chi connectivity index (χ1n) is 9.02. The highest BCUT2D eigenvalue weighted by atomic mass is 32.2. The lowest BCUT2D eigenvalue weighted by atomic mass is 9.98. The quantitative estimate of drug-likeness (QED) is 0.616. The van der Waals surface area contributed by atoms with Crippen LogP contribution in [0.5, 0.6) is 0 Å². The second kappa shape index (κ2) is 8.62. The third kappa shape index (κ3) is 4.63. The minimum Gasteiger partial charge on any atom is -0.273 e. The summed E-state index contributed by atoms with van der Waals surface area (Å²) in [7, 11) is -3.56. The first-order chi connectivity index (χ1) is 13.4. The largest absolute Gasteiger partial charge is 0.273 e. The molecule has 0 bridgehead atoms. The molecule has 2 aromatic carbocycles. The van der Waals surface area contributed by atoms with Gasteiger partial charge < -0.3 is 0 Å². The van der Waals surface area contributed by atoms with Gasteiger partial charge in [-0.3, -0.25) is 4.79 Å². The van der Waals surface area contributed by atoms with Gasteiger partial charge in [0.15, 0.2) is 0 Å². The highest BCUT2D eigenvalue weighted by Gasteiger charge is 2.31. The Hall–Kier alpha value is -2.58. The van der Waals surface area contributed by atoms with E-state index in [4.69, 9.17) is 0 Å². The molecule has 1 fully saturated rings. The van der Waals surface area contributed by atoms with Crippen LogP contribution in [0.15, 0.2) is 58.5 Å². The molecular weight excluding hydrogens is 381 g/mol. The van der Waals surface area contributed by atoms with Gasteiger partial charge in [-0.25, -0.2) is 18.2 Å². The second-order valence-corrected chi connectivity index (χ2v) is 8.69. The van der Waals surface area contributed by atoms with Crippen molar-refractivity contribution in [3.8, 4) is 0 Å². The Kier molecular flexibility index (Phi) is 6.21. The maximum atomic E-state index is 13.5. The van der Waals surface area contributed by atoms with Crippen LogP contribution in [0.25, 0.3) is 0 Å². The number of sulfonamides is 1. The average molecular weight is 403 g/mol. The molecule has 0 saturated carbocycles. The third-order valence-electron chi connectivity index (χ3n) is 4.77. The number of nitrogens with zero attached hydrogens (tertiary/aromatic N) is 2. The summed E-state index contributed by atoms with van der Waals surface area (Å²) in [5.74, 6) is -1.04. The number of carbonyl (C=O) groups excluding carboxylic acids is 1. The van der Waals surface area contributed by atoms with E-state index in [0.29, 0.717) is 12.8 Å². The van der Waals surface area contributed by atoms with Crippen molar-refractivity contribution in [2.24, 2.45) is 11.0 Å². The summed E-state index contributed by atoms with van der Waals surface area (Å²) >= 11 is 0. The summed E-state index contributed by atoms with van der Waals surface area (Å²) in [5, 5.41) is 3.80. The van der Waals surface area contributed by atoms with Crippen LogP contribution in [-0.4, -0.2) is 37.9 Å². The molecule has 0 aromatic heterocycles. The first kappa shape index (κ1) is 20.2. The summed E-state index contributed by atoms with van der Waals surface area (Å²) in [6, 6.07) is 12.8. The number of benzene rings is 2. The zero-order valence-corrected chi connectivity index (χ0v) is 16.3. The number of aryl methyl sites for hydroxylation is 1. The van der Waals surface area contributed by atoms with Crippen molar-refractivity contribution < 1.29 is 17.6 Å². The fourth-order valence-electron chi connectivity index (χ4n) is 3.05. The van der Waals surface area contributed by atoms with Crippen molar-refractivity contribution in [1.82, 2.24) is 9.73 Å². The lowest BCUT2D eigenvalue weighted by Crippen LogP contribution is -2.42. The molecule has 1 heterocycles. The Balaban J connectivity index is 1.55. The number of carbonyl (C=O) groups is 1. The number of halogens is 1. The van der Waals surface area contributed by atoms with Crippen LogP contribution in [0.4, 0.5) is 4.39 Å². The van der Waals surface area contributed by atoms with Gasteiger partial charge in [-0.2, -0.15) is 9.41 Å². The zero-order valence-electron chi connectivity index (χ0n) is 15.5. The third-order valence-corrected chi connectivity index (χ3v) is 6.68. The van der Waals surface area contributed by atoms with Crippen molar-refractivity contribution in [2.45, 2.75) is 24.7 Å². The predicted octanol–water partition coefficient (Wildman–Crippen LogP) is 2.69. The summed E-state index contributed by atoms with van der Waals surface area (Å²) in [5.41, 5.74) is 3.69. The number of hydrogen-bond acceptors (Lipinski definition) is 4. The van der Waals surface area contributed by atoms with Crippen LogP contribution in [0, 0.1) is 18.7 Å². The Morgan fingerprint density at radius 2 is 1.79 bits per heavy atom. The molecule has 0 atom stereocenters. The number of hydrogen-bond donors (Lipinski definition) is 1. The number of rotatable bonds is 5. The molecule has 3 rings (SSSR count). The van der Waals surface area contributed by atoms with E-state index in [1.54, 1.807) is 42.5 Å². The second-order valence-electron chi connectivity index (χ2n) is 6.75. The van der Waals surface area contributed by atoms with Gasteiger partial charge in [0, 0.05) is 24.6 Å². The molecule has 2 aromatic rings. The van der Waals surface area contributed by atoms with Crippen LogP contribution in [0.1, 0.15) is 24.0 Å². The SMILES string of the molecule is Cc1ccc(S(=O)(=O)N2CCC(C(=O)N/N=C\c3ccccc3F)CC2)cc1. The van der Waals surface area contributed by atoms with Crippen molar-refractivity contribution >= 4 is 22.1 Å². The lowest BCUT2D eigenvalue weighted by Gasteiger charge is -2.30. The molecule has 0 aliphatic carbocycles. The van der Waals surface area contributed by atoms with Crippen LogP contribution < -0.4 is 5.43 Å². The number of hydrazone groups is 1. The first-order valence-corrected chi connectivity index (χ1v) is 10.5. The zero-order chi connectivity index (χ0) is 20.1. The molecule has 1 N–H and O–H groups in total. The van der Waals surface area contributed by atoms with Crippen molar-refractivity contribution in [3.05, 3.63) is 65.5 Å². The van der Waals surface area contributed by atoms with Crippen molar-refractivity contribution in [3.63, 3.8) is 0 Å². The number of amides is 1. The van der Waals surface area contributed by atoms with E-state index in [-0.39, 0.29) is 35.4 Å². The summed E-state index contributed by atoms with van der Waals surface area (Å²) < 4.78 is 40.3. The normalized spacial score (nSPS) is 16.4. The van der Waals surface area contributed by atoms with E-state index in [0.717, 1.165) is 5.56 Å². The average Bonchev–Trinajstić information content (AvgIpc) is 2.70. The monoisotopic (exact) mass is 403 g/mol. The van der Waals surface area contributed by atoms with Crippen LogP contribution in [0.2, 0.25) is 0 Å². The van der Waals surface area contributed by atoms with Gasteiger partial charge in [0.2, 0.25) is 15.9 Å². The molecule has 0 spiro atoms.